The van der Waals surface area contributed by atoms with Crippen LogP contribution >= 0.6 is 0 Å². The Morgan fingerprint density at radius 3 is 2.73 bits per heavy atom. The maximum Gasteiger partial charge on any atom is 0.407 e. The van der Waals surface area contributed by atoms with Gasteiger partial charge in [-0.1, -0.05) is 43.2 Å². The van der Waals surface area contributed by atoms with E-state index in [0.29, 0.717) is 12.3 Å². The standard InChI is InChI=1S/C17H23NO4/c19-16(20)10-9-13-7-4-8-15(11-13)18-17(21)22-12-14-5-2-1-3-6-14/h1-3,5-6,13,15H,4,7-12H2,(H,18,21)(H,19,20)/t13-,15-/m0/s1. The lowest BCUT2D eigenvalue weighted by Crippen LogP contribution is -2.38. The predicted octanol–water partition coefficient (Wildman–Crippen LogP) is 3.34. The lowest BCUT2D eigenvalue weighted by Gasteiger charge is -2.29. The molecule has 2 atom stereocenters. The van der Waals surface area contributed by atoms with Crippen LogP contribution in [0.15, 0.2) is 30.3 Å². The summed E-state index contributed by atoms with van der Waals surface area (Å²) in [6.07, 6.45) is 4.34. The summed E-state index contributed by atoms with van der Waals surface area (Å²) in [5, 5.41) is 11.6. The van der Waals surface area contributed by atoms with E-state index in [2.05, 4.69) is 5.32 Å². The van der Waals surface area contributed by atoms with Gasteiger partial charge in [0, 0.05) is 12.5 Å². The maximum absolute atomic E-state index is 11.8. The summed E-state index contributed by atoms with van der Waals surface area (Å²) in [6, 6.07) is 9.65. The molecule has 1 amide bonds. The number of nitrogens with one attached hydrogen (secondary N) is 1. The fourth-order valence-electron chi connectivity index (χ4n) is 2.94. The van der Waals surface area contributed by atoms with Gasteiger partial charge in [0.1, 0.15) is 6.61 Å². The lowest BCUT2D eigenvalue weighted by molar-refractivity contribution is -0.137. The van der Waals surface area contributed by atoms with Crippen LogP contribution in [-0.2, 0) is 16.1 Å². The number of benzene rings is 1. The average molecular weight is 305 g/mol. The summed E-state index contributed by atoms with van der Waals surface area (Å²) in [6.45, 7) is 0.266. The van der Waals surface area contributed by atoms with Gasteiger partial charge in [0.25, 0.3) is 0 Å². The van der Waals surface area contributed by atoms with Gasteiger partial charge in [-0.05, 0) is 30.7 Å². The van der Waals surface area contributed by atoms with E-state index in [1.807, 2.05) is 30.3 Å². The van der Waals surface area contributed by atoms with Crippen molar-refractivity contribution in [1.82, 2.24) is 5.32 Å². The highest BCUT2D eigenvalue weighted by molar-refractivity contribution is 5.67. The Labute approximate surface area is 130 Å². The summed E-state index contributed by atoms with van der Waals surface area (Å²) >= 11 is 0. The fraction of sp³-hybridized carbons (Fsp3) is 0.529. The first-order chi connectivity index (χ1) is 10.6. The van der Waals surface area contributed by atoms with Crippen LogP contribution in [0.25, 0.3) is 0 Å². The Bertz CT molecular complexity index is 489. The largest absolute Gasteiger partial charge is 0.481 e. The average Bonchev–Trinajstić information content (AvgIpc) is 2.52. The quantitative estimate of drug-likeness (QED) is 0.845. The van der Waals surface area contributed by atoms with Gasteiger partial charge >= 0.3 is 12.1 Å². The molecule has 5 heteroatoms. The third-order valence-electron chi connectivity index (χ3n) is 4.08. The first-order valence-electron chi connectivity index (χ1n) is 7.82. The minimum atomic E-state index is -0.752. The molecular formula is C17H23NO4. The number of ether oxygens (including phenoxy) is 1. The molecule has 0 unspecified atom stereocenters. The van der Waals surface area contributed by atoms with Gasteiger partial charge in [0.05, 0.1) is 0 Å². The van der Waals surface area contributed by atoms with Gasteiger partial charge < -0.3 is 15.2 Å². The van der Waals surface area contributed by atoms with Crippen LogP contribution in [0.3, 0.4) is 0 Å². The molecular weight excluding hydrogens is 282 g/mol. The molecule has 1 fully saturated rings. The van der Waals surface area contributed by atoms with Crippen LogP contribution in [0.5, 0.6) is 0 Å². The molecule has 1 aliphatic rings. The molecule has 1 aliphatic carbocycles. The van der Waals surface area contributed by atoms with Crippen molar-refractivity contribution in [2.75, 3.05) is 0 Å². The van der Waals surface area contributed by atoms with Gasteiger partial charge in [0.2, 0.25) is 0 Å². The second kappa shape index (κ2) is 8.41. The zero-order valence-electron chi connectivity index (χ0n) is 12.7. The molecule has 1 saturated carbocycles. The van der Waals surface area contributed by atoms with Gasteiger partial charge in [-0.15, -0.1) is 0 Å². The molecule has 0 heterocycles. The molecule has 1 aromatic rings. The number of carboxylic acid groups (broad SMARTS) is 1. The normalized spacial score (nSPS) is 21.1. The highest BCUT2D eigenvalue weighted by Crippen LogP contribution is 2.27. The van der Waals surface area contributed by atoms with E-state index in [4.69, 9.17) is 9.84 Å². The fourth-order valence-corrected chi connectivity index (χ4v) is 2.94. The second-order valence-corrected chi connectivity index (χ2v) is 5.87. The van der Waals surface area contributed by atoms with Crippen molar-refractivity contribution in [3.63, 3.8) is 0 Å². The molecule has 0 radical (unpaired) electrons. The van der Waals surface area contributed by atoms with E-state index in [-0.39, 0.29) is 19.1 Å². The summed E-state index contributed by atoms with van der Waals surface area (Å²) in [7, 11) is 0. The maximum atomic E-state index is 11.8. The first-order valence-corrected chi connectivity index (χ1v) is 7.82. The SMILES string of the molecule is O=C(O)CC[C@@H]1CCC[C@H](NC(=O)OCc2ccccc2)C1. The molecule has 0 spiro atoms. The van der Waals surface area contributed by atoms with Gasteiger partial charge in [-0.25, -0.2) is 4.79 Å². The van der Waals surface area contributed by atoms with Crippen LogP contribution in [0, 0.1) is 5.92 Å². The van der Waals surface area contributed by atoms with Crippen molar-refractivity contribution in [2.45, 2.75) is 51.2 Å². The minimum Gasteiger partial charge on any atom is -0.481 e. The minimum absolute atomic E-state index is 0.0934. The molecule has 0 saturated heterocycles. The van der Waals surface area contributed by atoms with E-state index in [9.17, 15) is 9.59 Å². The van der Waals surface area contributed by atoms with Gasteiger partial charge in [-0.2, -0.15) is 0 Å². The Hall–Kier alpha value is -2.04. The number of hydrogen-bond acceptors (Lipinski definition) is 3. The van der Waals surface area contributed by atoms with E-state index >= 15 is 0 Å². The summed E-state index contributed by atoms with van der Waals surface area (Å²) in [4.78, 5) is 22.5. The van der Waals surface area contributed by atoms with Crippen molar-refractivity contribution >= 4 is 12.1 Å². The predicted molar refractivity (Wildman–Crippen MR) is 82.4 cm³/mol. The van der Waals surface area contributed by atoms with E-state index < -0.39 is 12.1 Å². The third-order valence-corrected chi connectivity index (χ3v) is 4.08. The molecule has 0 aliphatic heterocycles. The Morgan fingerprint density at radius 1 is 1.23 bits per heavy atom. The summed E-state index contributed by atoms with van der Waals surface area (Å²) in [5.74, 6) is -0.373. The van der Waals surface area contributed by atoms with Crippen molar-refractivity contribution < 1.29 is 19.4 Å². The zero-order valence-corrected chi connectivity index (χ0v) is 12.7. The van der Waals surface area contributed by atoms with Crippen molar-refractivity contribution in [2.24, 2.45) is 5.92 Å². The van der Waals surface area contributed by atoms with Crippen LogP contribution in [0.1, 0.15) is 44.1 Å². The number of rotatable bonds is 6. The third kappa shape index (κ3) is 5.76. The number of carboxylic acids is 1. The van der Waals surface area contributed by atoms with Gasteiger partial charge in [0.15, 0.2) is 0 Å². The van der Waals surface area contributed by atoms with Gasteiger partial charge in [-0.3, -0.25) is 4.79 Å². The Morgan fingerprint density at radius 2 is 2.00 bits per heavy atom. The highest BCUT2D eigenvalue weighted by atomic mass is 16.5. The second-order valence-electron chi connectivity index (χ2n) is 5.87. The number of aliphatic carboxylic acids is 1. The topological polar surface area (TPSA) is 75.6 Å². The van der Waals surface area contributed by atoms with E-state index in [1.165, 1.54) is 0 Å². The van der Waals surface area contributed by atoms with Crippen LogP contribution in [-0.4, -0.2) is 23.2 Å². The number of amides is 1. The van der Waals surface area contributed by atoms with Crippen molar-refractivity contribution in [3.8, 4) is 0 Å². The van der Waals surface area contributed by atoms with Crippen LogP contribution in [0.2, 0.25) is 0 Å². The Kier molecular flexibility index (Phi) is 6.25. The molecule has 120 valence electrons. The van der Waals surface area contributed by atoms with Crippen molar-refractivity contribution in [3.05, 3.63) is 35.9 Å². The molecule has 5 nitrogen and oxygen atoms in total. The summed E-state index contributed by atoms with van der Waals surface area (Å²) < 4.78 is 5.22. The molecule has 2 rings (SSSR count). The Balaban J connectivity index is 1.70. The summed E-state index contributed by atoms with van der Waals surface area (Å²) in [5.41, 5.74) is 0.959. The molecule has 0 aromatic heterocycles. The van der Waals surface area contributed by atoms with Crippen LogP contribution < -0.4 is 5.32 Å². The van der Waals surface area contributed by atoms with Crippen molar-refractivity contribution in [1.29, 1.82) is 0 Å². The van der Waals surface area contributed by atoms with Crippen LogP contribution in [0.4, 0.5) is 4.79 Å². The molecule has 2 N–H and O–H groups in total. The molecule has 0 bridgehead atoms. The lowest BCUT2D eigenvalue weighted by atomic mass is 9.83. The highest BCUT2D eigenvalue weighted by Gasteiger charge is 2.24. The zero-order chi connectivity index (χ0) is 15.8. The smallest absolute Gasteiger partial charge is 0.407 e. The molecule has 22 heavy (non-hydrogen) atoms. The van der Waals surface area contributed by atoms with E-state index in [1.54, 1.807) is 0 Å². The van der Waals surface area contributed by atoms with E-state index in [0.717, 1.165) is 31.2 Å². The number of alkyl carbamates (subject to hydrolysis) is 1. The molecule has 1 aromatic carbocycles. The number of carbonyl (C=O) groups excluding carboxylic acids is 1. The first kappa shape index (κ1) is 16.3. The number of carbonyl (C=O) groups is 2. The number of hydrogen-bond donors (Lipinski definition) is 2. The monoisotopic (exact) mass is 305 g/mol.